The van der Waals surface area contributed by atoms with Crippen molar-refractivity contribution in [3.63, 3.8) is 0 Å². The van der Waals surface area contributed by atoms with E-state index in [2.05, 4.69) is 69.5 Å². The van der Waals surface area contributed by atoms with E-state index in [1.807, 2.05) is 0 Å². The molecule has 3 rings (SSSR count). The molecule has 0 bridgehead atoms. The summed E-state index contributed by atoms with van der Waals surface area (Å²) in [5, 5.41) is 0. The molecule has 1 aliphatic rings. The van der Waals surface area contributed by atoms with E-state index in [0.717, 1.165) is 23.4 Å². The highest BCUT2D eigenvalue weighted by atomic mass is 16.1. The minimum Gasteiger partial charge on any atom is -0.317 e. The number of hydrogen-bond acceptors (Lipinski definition) is 1. The van der Waals surface area contributed by atoms with Crippen LogP contribution in [0.15, 0.2) is 30.3 Å². The number of aryl methyl sites for hydroxylation is 1. The molecule has 0 atom stereocenters. The molecule has 116 valence electrons. The molecule has 0 saturated carbocycles. The van der Waals surface area contributed by atoms with E-state index < -0.39 is 0 Å². The Balaban J connectivity index is 2.10. The van der Waals surface area contributed by atoms with E-state index in [0.29, 0.717) is 12.3 Å². The first-order chi connectivity index (χ1) is 10.3. The maximum absolute atomic E-state index is 12.4. The molecule has 2 aromatic rings. The van der Waals surface area contributed by atoms with Crippen LogP contribution in [0.4, 0.5) is 0 Å². The summed E-state index contributed by atoms with van der Waals surface area (Å²) in [5.74, 6) is 0.820. The number of aromatic nitrogens is 1. The van der Waals surface area contributed by atoms with Gasteiger partial charge in [0.1, 0.15) is 0 Å². The molecule has 0 saturated heterocycles. The van der Waals surface area contributed by atoms with Gasteiger partial charge in [0, 0.05) is 29.1 Å². The zero-order valence-electron chi connectivity index (χ0n) is 14.2. The highest BCUT2D eigenvalue weighted by Gasteiger charge is 2.34. The molecule has 0 spiro atoms. The second-order valence-corrected chi connectivity index (χ2v) is 7.67. The number of ketones is 1. The smallest absolute Gasteiger partial charge is 0.165 e. The number of carbonyl (C=O) groups excluding carboxylic acids is 1. The highest BCUT2D eigenvalue weighted by Crippen LogP contribution is 2.37. The Morgan fingerprint density at radius 1 is 1.09 bits per heavy atom. The van der Waals surface area contributed by atoms with Crippen LogP contribution in [0, 0.1) is 12.3 Å². The van der Waals surface area contributed by atoms with E-state index in [9.17, 15) is 4.79 Å². The number of Topliss-reactive ketones (excluding diaryl/α,β-unsaturated/α-hetero) is 1. The van der Waals surface area contributed by atoms with Gasteiger partial charge >= 0.3 is 0 Å². The van der Waals surface area contributed by atoms with Crippen molar-refractivity contribution in [2.45, 2.75) is 53.4 Å². The molecular weight excluding hydrogens is 270 g/mol. The fraction of sp³-hybridized carbons (Fsp3) is 0.450. The molecule has 2 nitrogen and oxygen atoms in total. The van der Waals surface area contributed by atoms with E-state index >= 15 is 0 Å². The van der Waals surface area contributed by atoms with Crippen molar-refractivity contribution in [1.29, 1.82) is 0 Å². The first-order valence-electron chi connectivity index (χ1n) is 8.13. The average Bonchev–Trinajstić information content (AvgIpc) is 2.74. The van der Waals surface area contributed by atoms with Crippen molar-refractivity contribution in [2.75, 3.05) is 0 Å². The molecule has 1 aliphatic carbocycles. The third kappa shape index (κ3) is 2.51. The van der Waals surface area contributed by atoms with Crippen molar-refractivity contribution in [3.05, 3.63) is 52.8 Å². The van der Waals surface area contributed by atoms with Gasteiger partial charge in [-0.05, 0) is 48.4 Å². The molecule has 0 aliphatic heterocycles. The maximum Gasteiger partial charge on any atom is 0.165 e. The molecule has 0 unspecified atom stereocenters. The standard InChI is InChI=1S/C20H25NO/c1-13(2)15-6-8-16(9-7-15)21-14(3)10-17-18(21)11-20(4,5)12-19(17)22/h6-10,13H,11-12H2,1-5H3. The molecule has 1 aromatic carbocycles. The van der Waals surface area contributed by atoms with Gasteiger partial charge in [0.05, 0.1) is 0 Å². The minimum absolute atomic E-state index is 0.0461. The van der Waals surface area contributed by atoms with Gasteiger partial charge in [0.25, 0.3) is 0 Å². The quantitative estimate of drug-likeness (QED) is 0.758. The predicted octanol–water partition coefficient (Wildman–Crippen LogP) is 5.06. The van der Waals surface area contributed by atoms with E-state index in [1.165, 1.54) is 11.3 Å². The summed E-state index contributed by atoms with van der Waals surface area (Å²) in [6.45, 7) is 10.9. The van der Waals surface area contributed by atoms with Gasteiger partial charge in [0.2, 0.25) is 0 Å². The van der Waals surface area contributed by atoms with Crippen LogP contribution in [0.3, 0.4) is 0 Å². The zero-order chi connectivity index (χ0) is 16.1. The molecule has 2 heteroatoms. The predicted molar refractivity (Wildman–Crippen MR) is 91.0 cm³/mol. The first kappa shape index (κ1) is 15.1. The van der Waals surface area contributed by atoms with Gasteiger partial charge in [-0.3, -0.25) is 4.79 Å². The van der Waals surface area contributed by atoms with Crippen LogP contribution in [-0.2, 0) is 6.42 Å². The Hall–Kier alpha value is -1.83. The number of rotatable bonds is 2. The zero-order valence-corrected chi connectivity index (χ0v) is 14.2. The van der Waals surface area contributed by atoms with Crippen LogP contribution in [0.2, 0.25) is 0 Å². The SMILES string of the molecule is Cc1cc2c(n1-c1ccc(C(C)C)cc1)CC(C)(C)CC2=O. The Kier molecular flexibility index (Phi) is 3.51. The highest BCUT2D eigenvalue weighted by molar-refractivity contribution is 5.99. The summed E-state index contributed by atoms with van der Waals surface area (Å²) in [7, 11) is 0. The second kappa shape index (κ2) is 5.12. The fourth-order valence-corrected chi connectivity index (χ4v) is 3.52. The molecule has 22 heavy (non-hydrogen) atoms. The van der Waals surface area contributed by atoms with Gasteiger partial charge in [-0.25, -0.2) is 0 Å². The van der Waals surface area contributed by atoms with Crippen molar-refractivity contribution < 1.29 is 4.79 Å². The van der Waals surface area contributed by atoms with Crippen LogP contribution in [0.1, 0.15) is 67.3 Å². The lowest BCUT2D eigenvalue weighted by atomic mass is 9.76. The van der Waals surface area contributed by atoms with Gasteiger partial charge in [0.15, 0.2) is 5.78 Å². The van der Waals surface area contributed by atoms with E-state index in [1.54, 1.807) is 0 Å². The Bertz CT molecular complexity index is 717. The lowest BCUT2D eigenvalue weighted by Gasteiger charge is -2.30. The van der Waals surface area contributed by atoms with Crippen molar-refractivity contribution in [2.24, 2.45) is 5.41 Å². The lowest BCUT2D eigenvalue weighted by molar-refractivity contribution is 0.0911. The molecule has 1 heterocycles. The Morgan fingerprint density at radius 3 is 2.32 bits per heavy atom. The second-order valence-electron chi connectivity index (χ2n) is 7.67. The van der Waals surface area contributed by atoms with Crippen molar-refractivity contribution in [1.82, 2.24) is 4.57 Å². The molecule has 0 radical (unpaired) electrons. The van der Waals surface area contributed by atoms with Crippen molar-refractivity contribution in [3.8, 4) is 5.69 Å². The molecule has 0 amide bonds. The van der Waals surface area contributed by atoms with Gasteiger partial charge < -0.3 is 4.57 Å². The third-order valence-corrected chi connectivity index (χ3v) is 4.69. The average molecular weight is 295 g/mol. The number of carbonyl (C=O) groups is 1. The van der Waals surface area contributed by atoms with Gasteiger partial charge in [-0.1, -0.05) is 39.8 Å². The number of benzene rings is 1. The van der Waals surface area contributed by atoms with E-state index in [-0.39, 0.29) is 11.2 Å². The van der Waals surface area contributed by atoms with Crippen molar-refractivity contribution >= 4 is 5.78 Å². The van der Waals surface area contributed by atoms with Crippen LogP contribution in [0.5, 0.6) is 0 Å². The van der Waals surface area contributed by atoms with Crippen LogP contribution >= 0.6 is 0 Å². The number of hydrogen-bond donors (Lipinski definition) is 0. The maximum atomic E-state index is 12.4. The summed E-state index contributed by atoms with van der Waals surface area (Å²) < 4.78 is 2.26. The molecule has 1 aromatic heterocycles. The van der Waals surface area contributed by atoms with E-state index in [4.69, 9.17) is 0 Å². The first-order valence-corrected chi connectivity index (χ1v) is 8.13. The monoisotopic (exact) mass is 295 g/mol. The normalized spacial score (nSPS) is 16.9. The molecular formula is C20H25NO. The van der Waals surface area contributed by atoms with Gasteiger partial charge in [-0.2, -0.15) is 0 Å². The minimum atomic E-state index is 0.0461. The summed E-state index contributed by atoms with van der Waals surface area (Å²) >= 11 is 0. The summed E-state index contributed by atoms with van der Waals surface area (Å²) in [5.41, 5.74) is 5.80. The lowest BCUT2D eigenvalue weighted by Crippen LogP contribution is -2.27. The summed E-state index contributed by atoms with van der Waals surface area (Å²) in [6, 6.07) is 10.8. The Morgan fingerprint density at radius 2 is 1.73 bits per heavy atom. The van der Waals surface area contributed by atoms with Crippen LogP contribution < -0.4 is 0 Å². The largest absolute Gasteiger partial charge is 0.317 e. The van der Waals surface area contributed by atoms with Crippen LogP contribution in [-0.4, -0.2) is 10.4 Å². The molecule has 0 fully saturated rings. The fourth-order valence-electron chi connectivity index (χ4n) is 3.52. The Labute approximate surface area is 133 Å². The topological polar surface area (TPSA) is 22.0 Å². The van der Waals surface area contributed by atoms with Gasteiger partial charge in [-0.15, -0.1) is 0 Å². The summed E-state index contributed by atoms with van der Waals surface area (Å²) in [6.07, 6.45) is 1.60. The molecule has 0 N–H and O–H groups in total. The number of fused-ring (bicyclic) bond motifs is 1. The number of nitrogens with zero attached hydrogens (tertiary/aromatic N) is 1. The third-order valence-electron chi connectivity index (χ3n) is 4.69. The summed E-state index contributed by atoms with van der Waals surface area (Å²) in [4.78, 5) is 12.4. The van der Waals surface area contributed by atoms with Crippen LogP contribution in [0.25, 0.3) is 5.69 Å².